The molecule has 0 fully saturated rings. The molecule has 3 aromatic heterocycles. The third-order valence-corrected chi connectivity index (χ3v) is 9.63. The second-order valence-corrected chi connectivity index (χ2v) is 11.9. The van der Waals surface area contributed by atoms with Crippen molar-refractivity contribution in [1.82, 2.24) is 19.9 Å². The molecule has 0 saturated heterocycles. The van der Waals surface area contributed by atoms with Crippen LogP contribution in [0.4, 0.5) is 0 Å². The molecule has 0 amide bonds. The van der Waals surface area contributed by atoms with Crippen LogP contribution in [0.15, 0.2) is 24.8 Å². The molecule has 10 heteroatoms. The Morgan fingerprint density at radius 1 is 0.978 bits per heavy atom. The first-order valence-electron chi connectivity index (χ1n) is 15.2. The molecule has 46 heavy (non-hydrogen) atoms. The fourth-order valence-electron chi connectivity index (χ4n) is 7.02. The Bertz CT molecular complexity index is 2020. The summed E-state index contributed by atoms with van der Waals surface area (Å²) >= 11 is 0. The number of aromatic nitrogens is 4. The summed E-state index contributed by atoms with van der Waals surface area (Å²) < 4.78 is 10.1. The molecule has 2 aliphatic heterocycles. The summed E-state index contributed by atoms with van der Waals surface area (Å²) in [5.41, 5.74) is 11.0. The molecule has 0 saturated carbocycles. The third-order valence-electron chi connectivity index (χ3n) is 9.63. The Morgan fingerprint density at radius 3 is 2.33 bits per heavy atom. The molecule has 3 aliphatic rings. The first kappa shape index (κ1) is 33.1. The summed E-state index contributed by atoms with van der Waals surface area (Å²) in [5, 5.41) is 0. The molecule has 3 atom stereocenters. The zero-order valence-electron chi connectivity index (χ0n) is 27.0. The maximum absolute atomic E-state index is 14.0. The summed E-state index contributed by atoms with van der Waals surface area (Å²) in [4.78, 5) is 59.7. The van der Waals surface area contributed by atoms with E-state index in [9.17, 15) is 14.4 Å². The number of methoxy groups -OCH3 is 2. The van der Waals surface area contributed by atoms with Crippen LogP contribution in [0.3, 0.4) is 0 Å². The number of allylic oxidation sites excluding steroid dienone is 2. The molecule has 5 heterocycles. The van der Waals surface area contributed by atoms with Crippen LogP contribution in [0.1, 0.15) is 113 Å². The van der Waals surface area contributed by atoms with E-state index in [1.54, 1.807) is 0 Å². The van der Waals surface area contributed by atoms with Crippen molar-refractivity contribution in [3.63, 3.8) is 0 Å². The van der Waals surface area contributed by atoms with Crippen molar-refractivity contribution >= 4 is 57.0 Å². The number of rotatable bonds is 6. The zero-order valence-corrected chi connectivity index (χ0v) is 28.0. The van der Waals surface area contributed by atoms with E-state index in [2.05, 4.69) is 20.4 Å². The van der Waals surface area contributed by atoms with Crippen LogP contribution in [0, 0.1) is 13.8 Å². The monoisotopic (exact) mass is 662 g/mol. The topological polar surface area (TPSA) is 124 Å². The molecule has 9 nitrogen and oxygen atoms in total. The molecule has 6 rings (SSSR count). The van der Waals surface area contributed by atoms with Crippen LogP contribution in [-0.4, -0.2) is 41.9 Å². The number of aryl methyl sites for hydroxylation is 2. The predicted molar refractivity (Wildman–Crippen MR) is 173 cm³/mol. The van der Waals surface area contributed by atoms with Crippen molar-refractivity contribution in [2.45, 2.75) is 71.6 Å². The minimum absolute atomic E-state index is 0. The van der Waals surface area contributed by atoms with E-state index >= 15 is 0 Å². The van der Waals surface area contributed by atoms with Gasteiger partial charge in [0.1, 0.15) is 5.92 Å². The second kappa shape index (κ2) is 12.5. The van der Waals surface area contributed by atoms with Gasteiger partial charge in [-0.1, -0.05) is 55.8 Å². The molecule has 240 valence electrons. The van der Waals surface area contributed by atoms with Gasteiger partial charge in [-0.3, -0.25) is 19.4 Å². The van der Waals surface area contributed by atoms with Crippen LogP contribution in [0.25, 0.3) is 39.3 Å². The number of ketones is 1. The van der Waals surface area contributed by atoms with E-state index in [0.29, 0.717) is 39.8 Å². The van der Waals surface area contributed by atoms with Crippen molar-refractivity contribution in [2.24, 2.45) is 0 Å². The second-order valence-electron chi connectivity index (χ2n) is 11.9. The van der Waals surface area contributed by atoms with Gasteiger partial charge in [0, 0.05) is 35.2 Å². The molecule has 1 aliphatic carbocycles. The fraction of sp³-hybridized carbons (Fsp3) is 0.361. The maximum atomic E-state index is 14.0. The Morgan fingerprint density at radius 2 is 1.67 bits per heavy atom. The summed E-state index contributed by atoms with van der Waals surface area (Å²) in [6.07, 6.45) is 3.13. The smallest absolute Gasteiger partial charge is 0.657 e. The van der Waals surface area contributed by atoms with Gasteiger partial charge in [0.25, 0.3) is 0 Å². The Kier molecular flexibility index (Phi) is 8.97. The first-order chi connectivity index (χ1) is 21.5. The molecule has 3 unspecified atom stereocenters. The number of nitrogens with zero attached hydrogens (tertiary/aromatic N) is 4. The molecule has 3 aromatic rings. The zero-order chi connectivity index (χ0) is 32.3. The van der Waals surface area contributed by atoms with Crippen LogP contribution in [0.5, 0.6) is 0 Å². The quantitative estimate of drug-likeness (QED) is 0.166. The van der Waals surface area contributed by atoms with E-state index in [0.717, 1.165) is 56.8 Å². The van der Waals surface area contributed by atoms with E-state index in [1.807, 2.05) is 45.0 Å². The van der Waals surface area contributed by atoms with Crippen LogP contribution >= 0.6 is 0 Å². The van der Waals surface area contributed by atoms with Gasteiger partial charge < -0.3 is 19.4 Å². The van der Waals surface area contributed by atoms with Gasteiger partial charge in [-0.15, -0.1) is 22.1 Å². The summed E-state index contributed by atoms with van der Waals surface area (Å²) in [6.45, 7) is 14.1. The SMILES string of the molecule is C=Cc1c(C)c2cc3nc(c4c5[n-]c(cc6nc(cc1[n-]2)C(C)=C6CC)c(C)c5C(=O)C4C(=O)OC)C(CCC(=O)OC)C3C.[Ni+2]. The van der Waals surface area contributed by atoms with Crippen LogP contribution < -0.4 is 9.97 Å². The van der Waals surface area contributed by atoms with Gasteiger partial charge in [-0.05, 0) is 55.9 Å². The number of ether oxygens (including phenoxy) is 2. The average Bonchev–Trinajstić information content (AvgIpc) is 3.76. The van der Waals surface area contributed by atoms with Crippen molar-refractivity contribution in [2.75, 3.05) is 14.2 Å². The van der Waals surface area contributed by atoms with Gasteiger partial charge >= 0.3 is 28.4 Å². The molecular formula is C36H36N4NiO5. The van der Waals surface area contributed by atoms with Crippen molar-refractivity contribution in [3.05, 3.63) is 75.4 Å². The van der Waals surface area contributed by atoms with Gasteiger partial charge in [-0.25, -0.2) is 4.98 Å². The molecule has 0 spiro atoms. The Labute approximate surface area is 277 Å². The summed E-state index contributed by atoms with van der Waals surface area (Å²) in [7, 11) is 2.63. The predicted octanol–water partition coefficient (Wildman–Crippen LogP) is 6.46. The standard InChI is InChI=1S/C36H37N4O5.Ni/c1-9-20-16(3)23-13-25-18(5)22(11-12-29(41)44-7)33(39-25)31-32(36(43)45-8)35(42)30-19(6)26(40-34(30)31)15-28-21(10-2)17(4)24(38-28)14-27(20)37-23;/h9,13-15,18,22,32H,1,10-12H2,2-8H3,(H-,37,38,39,40,42);/q-1;+2/p-1. The average molecular weight is 663 g/mol. The van der Waals surface area contributed by atoms with Crippen LogP contribution in [-0.2, 0) is 35.6 Å². The van der Waals surface area contributed by atoms with Crippen LogP contribution in [0.2, 0.25) is 0 Å². The van der Waals surface area contributed by atoms with Gasteiger partial charge in [0.15, 0.2) is 5.78 Å². The number of fused-ring (bicyclic) bond motifs is 8. The normalized spacial score (nSPS) is 18.4. The minimum Gasteiger partial charge on any atom is -0.657 e. The molecule has 0 radical (unpaired) electrons. The van der Waals surface area contributed by atoms with Gasteiger partial charge in [-0.2, -0.15) is 0 Å². The van der Waals surface area contributed by atoms with E-state index in [1.165, 1.54) is 14.2 Å². The summed E-state index contributed by atoms with van der Waals surface area (Å²) in [6, 6.07) is 5.87. The number of esters is 2. The van der Waals surface area contributed by atoms with Crippen molar-refractivity contribution in [1.29, 1.82) is 0 Å². The van der Waals surface area contributed by atoms with Crippen molar-refractivity contribution in [3.8, 4) is 0 Å². The van der Waals surface area contributed by atoms with E-state index < -0.39 is 11.9 Å². The number of Topliss-reactive ketones (excluding diaryl/α,β-unsaturated/α-hetero) is 1. The maximum Gasteiger partial charge on any atom is 2.00 e. The Hall–Kier alpha value is -4.30. The number of carbonyl (C=O) groups excluding carboxylic acids is 3. The molecule has 0 aromatic carbocycles. The third kappa shape index (κ3) is 5.03. The fourth-order valence-corrected chi connectivity index (χ4v) is 7.02. The Balaban J connectivity index is 0.00000417. The molecule has 0 N–H and O–H groups in total. The molecule has 8 bridgehead atoms. The largest absolute Gasteiger partial charge is 2.00 e. The summed E-state index contributed by atoms with van der Waals surface area (Å²) in [5.74, 6) is -3.01. The van der Waals surface area contributed by atoms with Gasteiger partial charge in [0.2, 0.25) is 0 Å². The van der Waals surface area contributed by atoms with Crippen molar-refractivity contribution < 1.29 is 40.3 Å². The van der Waals surface area contributed by atoms with E-state index in [-0.39, 0.29) is 46.5 Å². The number of hydrogen-bond acceptors (Lipinski definition) is 7. The molecular weight excluding hydrogens is 627 g/mol. The first-order valence-corrected chi connectivity index (χ1v) is 15.2. The van der Waals surface area contributed by atoms with E-state index in [4.69, 9.17) is 29.4 Å². The van der Waals surface area contributed by atoms with Gasteiger partial charge in [0.05, 0.1) is 25.6 Å². The minimum atomic E-state index is -1.20. The number of hydrogen-bond donors (Lipinski definition) is 0. The number of carbonyl (C=O) groups is 3.